The van der Waals surface area contributed by atoms with Crippen molar-refractivity contribution in [3.63, 3.8) is 0 Å². The van der Waals surface area contributed by atoms with E-state index >= 15 is 0 Å². The Labute approximate surface area is 149 Å². The van der Waals surface area contributed by atoms with E-state index in [0.717, 1.165) is 11.8 Å². The van der Waals surface area contributed by atoms with E-state index in [0.29, 0.717) is 28.7 Å². The molecule has 0 fully saturated rings. The van der Waals surface area contributed by atoms with E-state index in [-0.39, 0.29) is 11.5 Å². The molecule has 1 amide bonds. The molecule has 0 aliphatic rings. The van der Waals surface area contributed by atoms with Gasteiger partial charge in [-0.25, -0.2) is 4.98 Å². The molecule has 2 aromatic rings. The fraction of sp³-hybridized carbons (Fsp3) is 0.294. The maximum atomic E-state index is 12.4. The number of aromatic amines is 1. The van der Waals surface area contributed by atoms with Crippen LogP contribution in [0.5, 0.6) is 5.75 Å². The molecule has 0 saturated heterocycles. The Kier molecular flexibility index (Phi) is 6.19. The van der Waals surface area contributed by atoms with E-state index in [1.54, 1.807) is 25.1 Å². The topological polar surface area (TPSA) is 108 Å². The zero-order valence-electron chi connectivity index (χ0n) is 14.1. The highest BCUT2D eigenvalue weighted by Crippen LogP contribution is 2.25. The number of carbonyl (C=O) groups is 1. The third kappa shape index (κ3) is 4.39. The summed E-state index contributed by atoms with van der Waals surface area (Å²) in [5.74, 6) is 0.311. The number of carbonyl (C=O) groups excluding carboxylic acids is 1. The Hall–Kier alpha value is -2.79. The van der Waals surface area contributed by atoms with E-state index in [1.165, 1.54) is 7.11 Å². The summed E-state index contributed by atoms with van der Waals surface area (Å²) in [7, 11) is 1.53. The zero-order valence-corrected chi connectivity index (χ0v) is 14.9. The number of nitriles is 1. The van der Waals surface area contributed by atoms with Crippen LogP contribution in [0.3, 0.4) is 0 Å². The van der Waals surface area contributed by atoms with Crippen molar-refractivity contribution in [1.82, 2.24) is 9.97 Å². The summed E-state index contributed by atoms with van der Waals surface area (Å²) in [4.78, 5) is 31.1. The molecule has 1 aromatic heterocycles. The van der Waals surface area contributed by atoms with Crippen LogP contribution in [0.4, 0.5) is 5.69 Å². The maximum Gasteiger partial charge on any atom is 0.269 e. The SMILES string of the molecule is CCc1nc(SC(C)C(=O)Nc2ccccc2OC)[nH]c(=O)c1C#N. The van der Waals surface area contributed by atoms with Crippen molar-refractivity contribution < 1.29 is 9.53 Å². The first kappa shape index (κ1) is 18.5. The number of nitrogens with one attached hydrogen (secondary N) is 2. The predicted molar refractivity (Wildman–Crippen MR) is 95.9 cm³/mol. The highest BCUT2D eigenvalue weighted by atomic mass is 32.2. The van der Waals surface area contributed by atoms with Crippen molar-refractivity contribution in [2.45, 2.75) is 30.7 Å². The van der Waals surface area contributed by atoms with Gasteiger partial charge >= 0.3 is 0 Å². The molecule has 7 nitrogen and oxygen atoms in total. The third-order valence-corrected chi connectivity index (χ3v) is 4.43. The van der Waals surface area contributed by atoms with Crippen molar-refractivity contribution in [1.29, 1.82) is 5.26 Å². The van der Waals surface area contributed by atoms with Gasteiger partial charge in [0, 0.05) is 0 Å². The smallest absolute Gasteiger partial charge is 0.269 e. The fourth-order valence-corrected chi connectivity index (χ4v) is 2.94. The molecule has 1 aromatic carbocycles. The minimum absolute atomic E-state index is 0.0120. The van der Waals surface area contributed by atoms with Crippen LogP contribution in [0.1, 0.15) is 25.1 Å². The van der Waals surface area contributed by atoms with E-state index in [2.05, 4.69) is 15.3 Å². The first-order valence-electron chi connectivity index (χ1n) is 7.64. The zero-order chi connectivity index (χ0) is 18.4. The Morgan fingerprint density at radius 1 is 1.48 bits per heavy atom. The lowest BCUT2D eigenvalue weighted by Crippen LogP contribution is -2.24. The molecule has 2 N–H and O–H groups in total. The number of hydrogen-bond acceptors (Lipinski definition) is 6. The highest BCUT2D eigenvalue weighted by molar-refractivity contribution is 8.00. The lowest BCUT2D eigenvalue weighted by molar-refractivity contribution is -0.115. The Morgan fingerprint density at radius 3 is 2.84 bits per heavy atom. The van der Waals surface area contributed by atoms with Crippen LogP contribution in [0.2, 0.25) is 0 Å². The van der Waals surface area contributed by atoms with E-state index < -0.39 is 10.8 Å². The average Bonchev–Trinajstić information content (AvgIpc) is 2.61. The molecule has 0 bridgehead atoms. The van der Waals surface area contributed by atoms with E-state index in [9.17, 15) is 9.59 Å². The summed E-state index contributed by atoms with van der Waals surface area (Å²) in [5, 5.41) is 11.6. The molecule has 1 unspecified atom stereocenters. The second-order valence-electron chi connectivity index (χ2n) is 5.11. The monoisotopic (exact) mass is 358 g/mol. The Morgan fingerprint density at radius 2 is 2.20 bits per heavy atom. The number of amides is 1. The molecule has 0 spiro atoms. The quantitative estimate of drug-likeness (QED) is 0.606. The van der Waals surface area contributed by atoms with Gasteiger partial charge in [0.1, 0.15) is 17.4 Å². The number of methoxy groups -OCH3 is 1. The number of aromatic nitrogens is 2. The van der Waals surface area contributed by atoms with Crippen LogP contribution in [-0.2, 0) is 11.2 Å². The van der Waals surface area contributed by atoms with E-state index in [1.807, 2.05) is 19.1 Å². The van der Waals surface area contributed by atoms with Gasteiger partial charge in [-0.1, -0.05) is 30.8 Å². The van der Waals surface area contributed by atoms with Crippen LogP contribution < -0.4 is 15.6 Å². The standard InChI is InChI=1S/C17H18N4O3S/c1-4-12-11(9-18)16(23)21-17(20-12)25-10(2)15(22)19-13-7-5-6-8-14(13)24-3/h5-8,10H,4H2,1-3H3,(H,19,22)(H,20,21,23). The summed E-state index contributed by atoms with van der Waals surface area (Å²) >= 11 is 1.12. The van der Waals surface area contributed by atoms with Crippen LogP contribution in [-0.4, -0.2) is 28.2 Å². The number of ether oxygens (including phenoxy) is 1. The molecule has 1 heterocycles. The Balaban J connectivity index is 2.15. The van der Waals surface area contributed by atoms with Gasteiger partial charge in [-0.3, -0.25) is 9.59 Å². The molecule has 2 rings (SSSR count). The molecular formula is C17H18N4O3S. The van der Waals surface area contributed by atoms with Crippen molar-refractivity contribution in [2.24, 2.45) is 0 Å². The molecule has 0 radical (unpaired) electrons. The second-order valence-corrected chi connectivity index (χ2v) is 6.44. The van der Waals surface area contributed by atoms with Crippen LogP contribution in [0.15, 0.2) is 34.2 Å². The summed E-state index contributed by atoms with van der Waals surface area (Å²) in [5.41, 5.74) is 0.510. The highest BCUT2D eigenvalue weighted by Gasteiger charge is 2.19. The number of aryl methyl sites for hydroxylation is 1. The molecule has 0 aliphatic heterocycles. The van der Waals surface area contributed by atoms with Gasteiger partial charge < -0.3 is 15.0 Å². The first-order valence-corrected chi connectivity index (χ1v) is 8.51. The molecule has 25 heavy (non-hydrogen) atoms. The normalized spacial score (nSPS) is 11.4. The number of anilines is 1. The summed E-state index contributed by atoms with van der Waals surface area (Å²) in [6.45, 7) is 3.52. The second kappa shape index (κ2) is 8.35. The van der Waals surface area contributed by atoms with Crippen LogP contribution in [0, 0.1) is 11.3 Å². The van der Waals surface area contributed by atoms with Crippen molar-refractivity contribution >= 4 is 23.4 Å². The van der Waals surface area contributed by atoms with Gasteiger partial charge in [-0.15, -0.1) is 0 Å². The van der Waals surface area contributed by atoms with E-state index in [4.69, 9.17) is 10.00 Å². The summed E-state index contributed by atoms with van der Waals surface area (Å²) in [6.07, 6.45) is 0.460. The van der Waals surface area contributed by atoms with Gasteiger partial charge in [0.15, 0.2) is 5.16 Å². The predicted octanol–water partition coefficient (Wildman–Crippen LogP) is 2.33. The number of nitrogens with zero attached hydrogens (tertiary/aromatic N) is 2. The van der Waals surface area contributed by atoms with Gasteiger partial charge in [-0.2, -0.15) is 5.26 Å². The first-order chi connectivity index (χ1) is 12.0. The molecular weight excluding hydrogens is 340 g/mol. The number of hydrogen-bond donors (Lipinski definition) is 2. The molecule has 1 atom stereocenters. The van der Waals surface area contributed by atoms with Gasteiger partial charge in [0.25, 0.3) is 5.56 Å². The van der Waals surface area contributed by atoms with Crippen molar-refractivity contribution in [3.8, 4) is 11.8 Å². The number of rotatable bonds is 6. The number of H-pyrrole nitrogens is 1. The average molecular weight is 358 g/mol. The van der Waals surface area contributed by atoms with Crippen LogP contribution >= 0.6 is 11.8 Å². The fourth-order valence-electron chi connectivity index (χ4n) is 2.13. The third-order valence-electron chi connectivity index (χ3n) is 3.44. The van der Waals surface area contributed by atoms with Gasteiger partial charge in [0.2, 0.25) is 5.91 Å². The minimum atomic E-state index is -0.509. The number of para-hydroxylation sites is 2. The largest absolute Gasteiger partial charge is 0.495 e. The van der Waals surface area contributed by atoms with Crippen molar-refractivity contribution in [3.05, 3.63) is 45.9 Å². The minimum Gasteiger partial charge on any atom is -0.495 e. The van der Waals surface area contributed by atoms with Gasteiger partial charge in [-0.05, 0) is 25.5 Å². The van der Waals surface area contributed by atoms with Crippen molar-refractivity contribution in [2.75, 3.05) is 12.4 Å². The Bertz CT molecular complexity index is 873. The summed E-state index contributed by atoms with van der Waals surface area (Å²) < 4.78 is 5.20. The molecule has 0 saturated carbocycles. The maximum absolute atomic E-state index is 12.4. The molecule has 130 valence electrons. The summed E-state index contributed by atoms with van der Waals surface area (Å²) in [6, 6.07) is 8.95. The molecule has 0 aliphatic carbocycles. The van der Waals surface area contributed by atoms with Crippen LogP contribution in [0.25, 0.3) is 0 Å². The lowest BCUT2D eigenvalue weighted by atomic mass is 10.2. The number of thioether (sulfide) groups is 1. The number of benzene rings is 1. The molecule has 8 heteroatoms. The lowest BCUT2D eigenvalue weighted by Gasteiger charge is -2.14. The van der Waals surface area contributed by atoms with Gasteiger partial charge in [0.05, 0.1) is 23.7 Å².